The second kappa shape index (κ2) is 3.18. The Kier molecular flexibility index (Phi) is 2.49. The first kappa shape index (κ1) is 7.03. The average Bonchev–Trinajstić information content (AvgIpc) is 2.48. The van der Waals surface area contributed by atoms with Crippen LogP contribution in [0.1, 0.15) is 26.2 Å². The third-order valence-electron chi connectivity index (χ3n) is 1.61. The normalized spacial score (nSPS) is 22.0. The number of nitrogens with two attached hydrogens (primary N) is 1. The summed E-state index contributed by atoms with van der Waals surface area (Å²) in [5, 5.41) is 3.41. The third kappa shape index (κ3) is 3.49. The van der Waals surface area contributed by atoms with Crippen molar-refractivity contribution in [1.82, 2.24) is 5.32 Å². The fraction of sp³-hybridized carbons (Fsp3) is 1.00. The van der Waals surface area contributed by atoms with E-state index in [-0.39, 0.29) is 0 Å². The molecule has 0 aromatic heterocycles. The van der Waals surface area contributed by atoms with Crippen molar-refractivity contribution in [2.45, 2.75) is 38.3 Å². The molecule has 0 saturated heterocycles. The van der Waals surface area contributed by atoms with Gasteiger partial charge < -0.3 is 11.1 Å². The van der Waals surface area contributed by atoms with Gasteiger partial charge in [-0.15, -0.1) is 0 Å². The molecule has 9 heavy (non-hydrogen) atoms. The maximum atomic E-state index is 5.56. The highest BCUT2D eigenvalue weighted by Crippen LogP contribution is 2.18. The standard InChI is InChI=1S/C7H16N2/c1-6(8)4-5-9-7-2-3-7/h6-7,9H,2-5,8H2,1H3. The van der Waals surface area contributed by atoms with Crippen LogP contribution in [-0.2, 0) is 0 Å². The summed E-state index contributed by atoms with van der Waals surface area (Å²) in [5.74, 6) is 0. The van der Waals surface area contributed by atoms with Crippen LogP contribution >= 0.6 is 0 Å². The topological polar surface area (TPSA) is 38.0 Å². The summed E-state index contributed by atoms with van der Waals surface area (Å²) in [6.07, 6.45) is 3.86. The minimum Gasteiger partial charge on any atom is -0.328 e. The van der Waals surface area contributed by atoms with Gasteiger partial charge in [0.05, 0.1) is 0 Å². The highest BCUT2D eigenvalue weighted by Gasteiger charge is 2.19. The van der Waals surface area contributed by atoms with Gasteiger partial charge in [0.1, 0.15) is 0 Å². The van der Waals surface area contributed by atoms with Crippen molar-refractivity contribution in [3.05, 3.63) is 0 Å². The highest BCUT2D eigenvalue weighted by molar-refractivity contribution is 4.80. The van der Waals surface area contributed by atoms with Gasteiger partial charge in [0.25, 0.3) is 0 Å². The van der Waals surface area contributed by atoms with Crippen LogP contribution in [0.2, 0.25) is 0 Å². The molecule has 0 heterocycles. The Labute approximate surface area is 56.8 Å². The van der Waals surface area contributed by atoms with Gasteiger partial charge in [-0.3, -0.25) is 0 Å². The van der Waals surface area contributed by atoms with E-state index in [4.69, 9.17) is 5.73 Å². The molecule has 1 aliphatic carbocycles. The van der Waals surface area contributed by atoms with Gasteiger partial charge in [0.15, 0.2) is 0 Å². The Balaban J connectivity index is 1.81. The molecule has 3 N–H and O–H groups in total. The number of nitrogens with one attached hydrogen (secondary N) is 1. The largest absolute Gasteiger partial charge is 0.328 e. The molecule has 1 fully saturated rings. The highest BCUT2D eigenvalue weighted by atomic mass is 14.9. The summed E-state index contributed by atoms with van der Waals surface area (Å²) in [6.45, 7) is 3.15. The summed E-state index contributed by atoms with van der Waals surface area (Å²) < 4.78 is 0. The van der Waals surface area contributed by atoms with Gasteiger partial charge in [-0.25, -0.2) is 0 Å². The molecular weight excluding hydrogens is 112 g/mol. The van der Waals surface area contributed by atoms with Crippen molar-refractivity contribution in [2.24, 2.45) is 5.73 Å². The molecule has 0 aliphatic heterocycles. The minimum atomic E-state index is 0.358. The average molecular weight is 128 g/mol. The van der Waals surface area contributed by atoms with Crippen molar-refractivity contribution in [3.63, 3.8) is 0 Å². The molecule has 0 radical (unpaired) electrons. The van der Waals surface area contributed by atoms with Gasteiger partial charge in [0, 0.05) is 12.1 Å². The van der Waals surface area contributed by atoms with Gasteiger partial charge in [-0.1, -0.05) is 0 Å². The Morgan fingerprint density at radius 3 is 2.78 bits per heavy atom. The summed E-state index contributed by atoms with van der Waals surface area (Å²) in [7, 11) is 0. The lowest BCUT2D eigenvalue weighted by Gasteiger charge is -2.04. The lowest BCUT2D eigenvalue weighted by Crippen LogP contribution is -2.25. The summed E-state index contributed by atoms with van der Waals surface area (Å²) in [6, 6.07) is 1.19. The van der Waals surface area contributed by atoms with E-state index in [1.165, 1.54) is 12.8 Å². The van der Waals surface area contributed by atoms with Crippen LogP contribution in [0.5, 0.6) is 0 Å². The lowest BCUT2D eigenvalue weighted by atomic mass is 10.2. The van der Waals surface area contributed by atoms with Crippen LogP contribution in [-0.4, -0.2) is 18.6 Å². The van der Waals surface area contributed by atoms with Gasteiger partial charge in [-0.2, -0.15) is 0 Å². The molecule has 0 spiro atoms. The number of hydrogen-bond donors (Lipinski definition) is 2. The van der Waals surface area contributed by atoms with Gasteiger partial charge in [0.2, 0.25) is 0 Å². The first-order chi connectivity index (χ1) is 4.29. The number of rotatable bonds is 4. The van der Waals surface area contributed by atoms with Crippen molar-refractivity contribution in [3.8, 4) is 0 Å². The molecule has 1 atom stereocenters. The predicted molar refractivity (Wildman–Crippen MR) is 39.3 cm³/mol. The second-order valence-electron chi connectivity index (χ2n) is 2.99. The Morgan fingerprint density at radius 1 is 1.67 bits per heavy atom. The van der Waals surface area contributed by atoms with Crippen LogP contribution < -0.4 is 11.1 Å². The Bertz CT molecular complexity index is 75.0. The van der Waals surface area contributed by atoms with E-state index in [2.05, 4.69) is 12.2 Å². The zero-order valence-electron chi connectivity index (χ0n) is 6.06. The Hall–Kier alpha value is -0.0800. The zero-order valence-corrected chi connectivity index (χ0v) is 6.06. The summed E-state index contributed by atoms with van der Waals surface area (Å²) >= 11 is 0. The van der Waals surface area contributed by atoms with Crippen molar-refractivity contribution < 1.29 is 0 Å². The summed E-state index contributed by atoms with van der Waals surface area (Å²) in [4.78, 5) is 0. The molecule has 1 aliphatic rings. The summed E-state index contributed by atoms with van der Waals surface area (Å²) in [5.41, 5.74) is 5.56. The quantitative estimate of drug-likeness (QED) is 0.578. The zero-order chi connectivity index (χ0) is 6.69. The first-order valence-corrected chi connectivity index (χ1v) is 3.78. The maximum Gasteiger partial charge on any atom is 0.00682 e. The molecule has 0 bridgehead atoms. The molecule has 0 amide bonds. The van der Waals surface area contributed by atoms with E-state index in [1.807, 2.05) is 0 Å². The molecule has 1 rings (SSSR count). The molecule has 1 saturated carbocycles. The Morgan fingerprint density at radius 2 is 2.33 bits per heavy atom. The first-order valence-electron chi connectivity index (χ1n) is 3.78. The van der Waals surface area contributed by atoms with Gasteiger partial charge >= 0.3 is 0 Å². The minimum absolute atomic E-state index is 0.358. The van der Waals surface area contributed by atoms with Crippen LogP contribution in [0, 0.1) is 0 Å². The monoisotopic (exact) mass is 128 g/mol. The van der Waals surface area contributed by atoms with E-state index in [0.717, 1.165) is 19.0 Å². The van der Waals surface area contributed by atoms with Crippen LogP contribution in [0.15, 0.2) is 0 Å². The van der Waals surface area contributed by atoms with Crippen LogP contribution in [0.3, 0.4) is 0 Å². The predicted octanol–water partition coefficient (Wildman–Crippen LogP) is 0.476. The van der Waals surface area contributed by atoms with E-state index in [1.54, 1.807) is 0 Å². The molecular formula is C7H16N2. The maximum absolute atomic E-state index is 5.56. The SMILES string of the molecule is CC(N)CCNC1CC1. The number of hydrogen-bond acceptors (Lipinski definition) is 2. The molecule has 0 aromatic carbocycles. The van der Waals surface area contributed by atoms with Crippen molar-refractivity contribution in [1.29, 1.82) is 0 Å². The van der Waals surface area contributed by atoms with Gasteiger partial charge in [-0.05, 0) is 32.7 Å². The van der Waals surface area contributed by atoms with Crippen molar-refractivity contribution >= 4 is 0 Å². The molecule has 1 unspecified atom stereocenters. The van der Waals surface area contributed by atoms with Crippen LogP contribution in [0.25, 0.3) is 0 Å². The second-order valence-corrected chi connectivity index (χ2v) is 2.99. The van der Waals surface area contributed by atoms with E-state index >= 15 is 0 Å². The van der Waals surface area contributed by atoms with E-state index in [9.17, 15) is 0 Å². The fourth-order valence-corrected chi connectivity index (χ4v) is 0.803. The smallest absolute Gasteiger partial charge is 0.00682 e. The van der Waals surface area contributed by atoms with E-state index in [0.29, 0.717) is 6.04 Å². The van der Waals surface area contributed by atoms with E-state index < -0.39 is 0 Å². The molecule has 54 valence electrons. The third-order valence-corrected chi connectivity index (χ3v) is 1.61. The van der Waals surface area contributed by atoms with Crippen LogP contribution in [0.4, 0.5) is 0 Å². The molecule has 2 nitrogen and oxygen atoms in total. The lowest BCUT2D eigenvalue weighted by molar-refractivity contribution is 0.587. The fourth-order valence-electron chi connectivity index (χ4n) is 0.803. The molecule has 2 heteroatoms. The van der Waals surface area contributed by atoms with Crippen molar-refractivity contribution in [2.75, 3.05) is 6.54 Å². The molecule has 0 aromatic rings.